The number of benzene rings is 2. The molecule has 3 N–H and O–H groups in total. The van der Waals surface area contributed by atoms with E-state index in [0.29, 0.717) is 5.95 Å². The van der Waals surface area contributed by atoms with Gasteiger partial charge in [-0.3, -0.25) is 0 Å². The Morgan fingerprint density at radius 1 is 1.20 bits per heavy atom. The third-order valence-electron chi connectivity index (χ3n) is 4.49. The van der Waals surface area contributed by atoms with Gasteiger partial charge in [0.25, 0.3) is 0 Å². The Balaban J connectivity index is 1.75. The predicted molar refractivity (Wildman–Crippen MR) is 98.0 cm³/mol. The third-order valence-corrected chi connectivity index (χ3v) is 4.83. The van der Waals surface area contributed by atoms with Crippen LogP contribution in [0.5, 0.6) is 5.75 Å². The van der Waals surface area contributed by atoms with Gasteiger partial charge in [0.2, 0.25) is 11.9 Å². The molecular weight excluding hydrogens is 338 g/mol. The highest BCUT2D eigenvalue weighted by Crippen LogP contribution is 2.40. The normalized spacial score (nSPS) is 19.1. The summed E-state index contributed by atoms with van der Waals surface area (Å²) in [4.78, 5) is 4.32. The van der Waals surface area contributed by atoms with Crippen molar-refractivity contribution in [2.45, 2.75) is 18.5 Å². The highest BCUT2D eigenvalue weighted by atomic mass is 35.5. The highest BCUT2D eigenvalue weighted by molar-refractivity contribution is 6.31. The molecule has 0 radical (unpaired) electrons. The van der Waals surface area contributed by atoms with E-state index >= 15 is 0 Å². The standard InChI is InChI=1S/C18H18ClN5O/c1-25-12-8-6-11(7-9-12)16-10-15(13-4-2-3-5-14(13)19)21-18-22-17(20)23-24(16)18/h2-9,15-16H,10H2,1H3,(H3,20,21,22,23)/t15-,16-/m0/s1. The maximum absolute atomic E-state index is 6.40. The molecule has 0 spiro atoms. The number of anilines is 2. The number of nitrogens with two attached hydrogens (primary N) is 1. The predicted octanol–water partition coefficient (Wildman–Crippen LogP) is 3.67. The number of nitrogens with zero attached hydrogens (tertiary/aromatic N) is 3. The summed E-state index contributed by atoms with van der Waals surface area (Å²) in [5, 5.41) is 8.49. The maximum atomic E-state index is 6.40. The van der Waals surface area contributed by atoms with E-state index in [1.807, 2.05) is 53.2 Å². The molecule has 4 rings (SSSR count). The second-order valence-electron chi connectivity index (χ2n) is 5.98. The van der Waals surface area contributed by atoms with Crippen molar-refractivity contribution >= 4 is 23.5 Å². The molecule has 2 heterocycles. The number of nitrogens with one attached hydrogen (secondary N) is 1. The topological polar surface area (TPSA) is 78.0 Å². The molecule has 2 aromatic carbocycles. The molecule has 1 aromatic heterocycles. The molecular formula is C18H18ClN5O. The van der Waals surface area contributed by atoms with Crippen LogP contribution in [0.25, 0.3) is 0 Å². The van der Waals surface area contributed by atoms with Crippen molar-refractivity contribution in [2.24, 2.45) is 0 Å². The lowest BCUT2D eigenvalue weighted by Gasteiger charge is -2.32. The molecule has 0 amide bonds. The largest absolute Gasteiger partial charge is 0.497 e. The van der Waals surface area contributed by atoms with Crippen LogP contribution < -0.4 is 15.8 Å². The van der Waals surface area contributed by atoms with Crippen molar-refractivity contribution in [1.82, 2.24) is 14.8 Å². The Labute approximate surface area is 150 Å². The first-order valence-corrected chi connectivity index (χ1v) is 8.40. The zero-order chi connectivity index (χ0) is 17.4. The van der Waals surface area contributed by atoms with Crippen molar-refractivity contribution in [3.63, 3.8) is 0 Å². The van der Waals surface area contributed by atoms with Gasteiger partial charge in [-0.05, 0) is 35.7 Å². The van der Waals surface area contributed by atoms with E-state index in [2.05, 4.69) is 15.4 Å². The summed E-state index contributed by atoms with van der Waals surface area (Å²) < 4.78 is 7.09. The molecule has 0 fully saturated rings. The minimum atomic E-state index is 0.00762. The summed E-state index contributed by atoms with van der Waals surface area (Å²) in [5.74, 6) is 1.72. The fourth-order valence-electron chi connectivity index (χ4n) is 3.26. The monoisotopic (exact) mass is 355 g/mol. The number of rotatable bonds is 3. The molecule has 0 unspecified atom stereocenters. The third kappa shape index (κ3) is 2.89. The number of nitrogen functional groups attached to an aromatic ring is 1. The van der Waals surface area contributed by atoms with Crippen LogP contribution in [0.2, 0.25) is 5.02 Å². The zero-order valence-electron chi connectivity index (χ0n) is 13.7. The van der Waals surface area contributed by atoms with Gasteiger partial charge in [0, 0.05) is 5.02 Å². The molecule has 0 saturated carbocycles. The number of ether oxygens (including phenoxy) is 1. The number of aromatic nitrogens is 3. The van der Waals surface area contributed by atoms with Crippen molar-refractivity contribution in [3.8, 4) is 5.75 Å². The van der Waals surface area contributed by atoms with Gasteiger partial charge in [-0.1, -0.05) is 41.9 Å². The lowest BCUT2D eigenvalue weighted by Crippen LogP contribution is -2.28. The van der Waals surface area contributed by atoms with Crippen LogP contribution in [-0.4, -0.2) is 21.9 Å². The van der Waals surface area contributed by atoms with Gasteiger partial charge < -0.3 is 15.8 Å². The van der Waals surface area contributed by atoms with Crippen LogP contribution in [-0.2, 0) is 0 Å². The van der Waals surface area contributed by atoms with Crippen molar-refractivity contribution in [2.75, 3.05) is 18.2 Å². The maximum Gasteiger partial charge on any atom is 0.241 e. The highest BCUT2D eigenvalue weighted by Gasteiger charge is 2.31. The van der Waals surface area contributed by atoms with Crippen LogP contribution in [0.1, 0.15) is 29.6 Å². The lowest BCUT2D eigenvalue weighted by atomic mass is 9.93. The van der Waals surface area contributed by atoms with E-state index in [4.69, 9.17) is 22.1 Å². The van der Waals surface area contributed by atoms with Crippen LogP contribution in [0.3, 0.4) is 0 Å². The molecule has 3 aromatic rings. The van der Waals surface area contributed by atoms with Crippen molar-refractivity contribution in [1.29, 1.82) is 0 Å². The van der Waals surface area contributed by atoms with Gasteiger partial charge in [-0.15, -0.1) is 5.10 Å². The molecule has 0 aliphatic carbocycles. The Bertz CT molecular complexity index is 893. The summed E-state index contributed by atoms with van der Waals surface area (Å²) in [6.07, 6.45) is 0.784. The minimum Gasteiger partial charge on any atom is -0.497 e. The lowest BCUT2D eigenvalue weighted by molar-refractivity contribution is 0.411. The Kier molecular flexibility index (Phi) is 3.97. The number of methoxy groups -OCH3 is 1. The van der Waals surface area contributed by atoms with E-state index in [1.54, 1.807) is 7.11 Å². The Hall–Kier alpha value is -2.73. The number of fused-ring (bicyclic) bond motifs is 1. The van der Waals surface area contributed by atoms with E-state index in [-0.39, 0.29) is 18.0 Å². The molecule has 6 nitrogen and oxygen atoms in total. The minimum absolute atomic E-state index is 0.00762. The van der Waals surface area contributed by atoms with Gasteiger partial charge in [0.1, 0.15) is 5.75 Å². The average molecular weight is 356 g/mol. The molecule has 0 saturated heterocycles. The average Bonchev–Trinajstić information content (AvgIpc) is 3.01. The first kappa shape index (κ1) is 15.8. The molecule has 128 valence electrons. The SMILES string of the molecule is COc1ccc([C@@H]2C[C@@H](c3ccccc3Cl)Nc3nc(N)nn32)cc1. The second kappa shape index (κ2) is 6.29. The van der Waals surface area contributed by atoms with Crippen LogP contribution >= 0.6 is 11.6 Å². The van der Waals surface area contributed by atoms with Gasteiger partial charge in [0.15, 0.2) is 0 Å². The summed E-state index contributed by atoms with van der Waals surface area (Å²) in [6.45, 7) is 0. The van der Waals surface area contributed by atoms with E-state index in [9.17, 15) is 0 Å². The molecule has 25 heavy (non-hydrogen) atoms. The molecule has 1 aliphatic rings. The number of halogens is 1. The molecule has 7 heteroatoms. The van der Waals surface area contributed by atoms with Crippen LogP contribution in [0.15, 0.2) is 48.5 Å². The second-order valence-corrected chi connectivity index (χ2v) is 6.39. The van der Waals surface area contributed by atoms with E-state index < -0.39 is 0 Å². The van der Waals surface area contributed by atoms with Crippen molar-refractivity contribution in [3.05, 3.63) is 64.7 Å². The summed E-state index contributed by atoms with van der Waals surface area (Å²) in [5.41, 5.74) is 7.98. The quantitative estimate of drug-likeness (QED) is 0.749. The summed E-state index contributed by atoms with van der Waals surface area (Å²) >= 11 is 6.40. The van der Waals surface area contributed by atoms with E-state index in [0.717, 1.165) is 28.3 Å². The molecule has 1 aliphatic heterocycles. The zero-order valence-corrected chi connectivity index (χ0v) is 14.4. The fraction of sp³-hybridized carbons (Fsp3) is 0.222. The van der Waals surface area contributed by atoms with Gasteiger partial charge in [-0.25, -0.2) is 4.68 Å². The molecule has 2 atom stereocenters. The molecule has 0 bridgehead atoms. The number of hydrogen-bond acceptors (Lipinski definition) is 5. The number of hydrogen-bond donors (Lipinski definition) is 2. The Morgan fingerprint density at radius 3 is 2.68 bits per heavy atom. The summed E-state index contributed by atoms with van der Waals surface area (Å²) in [6, 6.07) is 15.8. The van der Waals surface area contributed by atoms with Gasteiger partial charge in [-0.2, -0.15) is 4.98 Å². The first-order chi connectivity index (χ1) is 12.2. The van der Waals surface area contributed by atoms with Crippen LogP contribution in [0.4, 0.5) is 11.9 Å². The van der Waals surface area contributed by atoms with E-state index in [1.165, 1.54) is 0 Å². The van der Waals surface area contributed by atoms with Crippen LogP contribution in [0, 0.1) is 0 Å². The smallest absolute Gasteiger partial charge is 0.241 e. The summed E-state index contributed by atoms with van der Waals surface area (Å²) in [7, 11) is 1.66. The van der Waals surface area contributed by atoms with Gasteiger partial charge in [0.05, 0.1) is 19.2 Å². The van der Waals surface area contributed by atoms with Crippen molar-refractivity contribution < 1.29 is 4.74 Å². The Morgan fingerprint density at radius 2 is 1.96 bits per heavy atom. The fourth-order valence-corrected chi connectivity index (χ4v) is 3.53. The van der Waals surface area contributed by atoms with Gasteiger partial charge >= 0.3 is 0 Å². The first-order valence-electron chi connectivity index (χ1n) is 8.02.